The van der Waals surface area contributed by atoms with Crippen molar-refractivity contribution < 1.29 is 37.3 Å². The fourth-order valence-electron chi connectivity index (χ4n) is 5.26. The molecule has 0 bridgehead atoms. The molecule has 0 atom stereocenters. The first-order chi connectivity index (χ1) is 21.2. The van der Waals surface area contributed by atoms with E-state index >= 15 is 0 Å². The van der Waals surface area contributed by atoms with Gasteiger partial charge in [0.05, 0.1) is 37.7 Å². The Kier molecular flexibility index (Phi) is 9.98. The molecule has 234 valence electrons. The Morgan fingerprint density at radius 1 is 1.00 bits per heavy atom. The molecular weight excluding hydrogens is 579 g/mol. The van der Waals surface area contributed by atoms with Crippen molar-refractivity contribution in [3.05, 3.63) is 70.7 Å². The first-order valence-electron chi connectivity index (χ1n) is 14.4. The number of rotatable bonds is 6. The van der Waals surface area contributed by atoms with Gasteiger partial charge in [0.1, 0.15) is 0 Å². The quantitative estimate of drug-likeness (QED) is 0.384. The number of nitrogens with one attached hydrogen (secondary N) is 2. The van der Waals surface area contributed by atoms with Crippen LogP contribution in [0.15, 0.2) is 42.6 Å². The van der Waals surface area contributed by atoms with Crippen molar-refractivity contribution in [1.82, 2.24) is 20.2 Å². The van der Waals surface area contributed by atoms with Gasteiger partial charge in [0, 0.05) is 74.5 Å². The largest absolute Gasteiger partial charge is 0.490 e. The fourth-order valence-corrected chi connectivity index (χ4v) is 5.26. The summed E-state index contributed by atoms with van der Waals surface area (Å²) in [6, 6.07) is 12.8. The van der Waals surface area contributed by atoms with Crippen molar-refractivity contribution in [3.63, 3.8) is 0 Å². The van der Waals surface area contributed by atoms with E-state index in [9.17, 15) is 18.0 Å². The van der Waals surface area contributed by atoms with E-state index in [1.165, 1.54) is 16.8 Å². The van der Waals surface area contributed by atoms with E-state index in [2.05, 4.69) is 61.5 Å². The van der Waals surface area contributed by atoms with E-state index in [-0.39, 0.29) is 5.91 Å². The summed E-state index contributed by atoms with van der Waals surface area (Å²) in [5.41, 5.74) is 8.31. The van der Waals surface area contributed by atoms with Gasteiger partial charge in [0.15, 0.2) is 0 Å². The molecule has 3 N–H and O–H groups in total. The normalized spacial score (nSPS) is 17.5. The number of hydrogen-bond acceptors (Lipinski definition) is 7. The molecule has 0 saturated carbocycles. The number of hydrogen-bond donors (Lipinski definition) is 3. The Bertz CT molecular complexity index is 1490. The Hall–Kier alpha value is -4.20. The number of aromatic amines is 1. The molecule has 2 saturated heterocycles. The number of aliphatic carboxylic acids is 1. The van der Waals surface area contributed by atoms with Crippen molar-refractivity contribution in [2.75, 3.05) is 64.1 Å². The second-order valence-electron chi connectivity index (χ2n) is 10.6. The molecule has 0 aliphatic carbocycles. The standard InChI is InChI=1S/C29H33N5O3.C2HF3O2/c35-29-25-19-27(32-26(25)6-8-31-29)23-5-7-30-24(18-23)4-3-22-2-1-21(20-33-9-13-36-14-10-33)17-28(22)34-11-15-37-16-12-34;3-2(4,5)1(6)7/h1-5,7,17-19,32H,6,8-16,20H2,(H,31,35);(H,6,7). The number of H-pyrrole nitrogens is 1. The highest BCUT2D eigenvalue weighted by Gasteiger charge is 2.38. The van der Waals surface area contributed by atoms with Crippen LogP contribution in [0, 0.1) is 0 Å². The van der Waals surface area contributed by atoms with E-state index in [0.29, 0.717) is 6.54 Å². The van der Waals surface area contributed by atoms with Crippen LogP contribution in [-0.4, -0.2) is 97.2 Å². The summed E-state index contributed by atoms with van der Waals surface area (Å²) in [4.78, 5) is 34.0. The van der Waals surface area contributed by atoms with Crippen LogP contribution in [0.3, 0.4) is 0 Å². The zero-order valence-corrected chi connectivity index (χ0v) is 24.0. The molecule has 2 fully saturated rings. The predicted molar refractivity (Wildman–Crippen MR) is 158 cm³/mol. The summed E-state index contributed by atoms with van der Waals surface area (Å²) in [5.74, 6) is -2.77. The third-order valence-electron chi connectivity index (χ3n) is 7.53. The number of alkyl halides is 3. The molecule has 10 nitrogen and oxygen atoms in total. The molecule has 3 aliphatic heterocycles. The number of halogens is 3. The molecule has 5 heterocycles. The van der Waals surface area contributed by atoms with Gasteiger partial charge in [0.2, 0.25) is 0 Å². The number of nitrogens with zero attached hydrogens (tertiary/aromatic N) is 3. The number of pyridine rings is 1. The fraction of sp³-hybridized carbons (Fsp3) is 0.387. The molecular formula is C31H34F3N5O5. The zero-order valence-electron chi connectivity index (χ0n) is 24.0. The Balaban J connectivity index is 0.000000493. The Labute approximate surface area is 252 Å². The SMILES string of the molecule is O=C(O)C(F)(F)F.O=C1NCCc2[nH]c(-c3ccnc(C=Cc4ccc(CN5CCOCC5)cc4N4CCOCC4)c3)cc21. The van der Waals surface area contributed by atoms with Crippen molar-refractivity contribution in [1.29, 1.82) is 0 Å². The minimum absolute atomic E-state index is 0.00867. The number of anilines is 1. The average Bonchev–Trinajstić information content (AvgIpc) is 3.47. The number of carbonyl (C=O) groups is 2. The monoisotopic (exact) mass is 613 g/mol. The van der Waals surface area contributed by atoms with Gasteiger partial charge in [-0.1, -0.05) is 18.2 Å². The summed E-state index contributed by atoms with van der Waals surface area (Å²) >= 11 is 0. The van der Waals surface area contributed by atoms with Crippen molar-refractivity contribution in [3.8, 4) is 11.3 Å². The van der Waals surface area contributed by atoms with Crippen molar-refractivity contribution >= 4 is 29.7 Å². The van der Waals surface area contributed by atoms with E-state index in [4.69, 9.17) is 19.4 Å². The Morgan fingerprint density at radius 3 is 2.39 bits per heavy atom. The highest BCUT2D eigenvalue weighted by atomic mass is 19.4. The minimum Gasteiger partial charge on any atom is -0.475 e. The maximum atomic E-state index is 12.2. The lowest BCUT2D eigenvalue weighted by Gasteiger charge is -2.31. The lowest BCUT2D eigenvalue weighted by molar-refractivity contribution is -0.192. The van der Waals surface area contributed by atoms with Gasteiger partial charge in [-0.3, -0.25) is 14.7 Å². The molecule has 0 unspecified atom stereocenters. The molecule has 0 spiro atoms. The number of fused-ring (bicyclic) bond motifs is 1. The van der Waals surface area contributed by atoms with Gasteiger partial charge in [0.25, 0.3) is 5.91 Å². The predicted octanol–water partition coefficient (Wildman–Crippen LogP) is 3.84. The van der Waals surface area contributed by atoms with Gasteiger partial charge in [-0.25, -0.2) is 4.79 Å². The van der Waals surface area contributed by atoms with E-state index < -0.39 is 12.1 Å². The van der Waals surface area contributed by atoms with E-state index in [1.807, 2.05) is 18.3 Å². The number of benzene rings is 1. The molecule has 3 aliphatic rings. The average molecular weight is 614 g/mol. The molecule has 2 aromatic heterocycles. The molecule has 1 aromatic carbocycles. The minimum atomic E-state index is -5.08. The number of carboxylic acid groups (broad SMARTS) is 1. The number of amides is 1. The van der Waals surface area contributed by atoms with Crippen molar-refractivity contribution in [2.24, 2.45) is 0 Å². The second-order valence-corrected chi connectivity index (χ2v) is 10.6. The molecule has 6 rings (SSSR count). The van der Waals surface area contributed by atoms with Crippen LogP contribution in [0.5, 0.6) is 0 Å². The van der Waals surface area contributed by atoms with Gasteiger partial charge in [-0.15, -0.1) is 0 Å². The summed E-state index contributed by atoms with van der Waals surface area (Å²) in [6.07, 6.45) is 1.79. The van der Waals surface area contributed by atoms with Crippen LogP contribution in [0.4, 0.5) is 18.9 Å². The second kappa shape index (κ2) is 14.1. The number of morpholine rings is 2. The molecule has 0 radical (unpaired) electrons. The summed E-state index contributed by atoms with van der Waals surface area (Å²) < 4.78 is 42.9. The lowest BCUT2D eigenvalue weighted by Crippen LogP contribution is -2.37. The maximum Gasteiger partial charge on any atom is 0.490 e. The van der Waals surface area contributed by atoms with E-state index in [1.54, 1.807) is 0 Å². The van der Waals surface area contributed by atoms with Crippen LogP contribution >= 0.6 is 0 Å². The first-order valence-corrected chi connectivity index (χ1v) is 14.4. The van der Waals surface area contributed by atoms with Gasteiger partial charge < -0.3 is 29.8 Å². The van der Waals surface area contributed by atoms with Gasteiger partial charge in [-0.2, -0.15) is 13.2 Å². The zero-order chi connectivity index (χ0) is 31.1. The van der Waals surface area contributed by atoms with E-state index in [0.717, 1.165) is 93.8 Å². The molecule has 44 heavy (non-hydrogen) atoms. The van der Waals surface area contributed by atoms with Crippen LogP contribution in [0.25, 0.3) is 23.4 Å². The smallest absolute Gasteiger partial charge is 0.475 e. The molecule has 3 aromatic rings. The van der Waals surface area contributed by atoms with Gasteiger partial charge in [-0.05, 0) is 41.5 Å². The highest BCUT2D eigenvalue weighted by molar-refractivity contribution is 5.97. The first kappa shape index (κ1) is 31.2. The summed E-state index contributed by atoms with van der Waals surface area (Å²) in [6.45, 7) is 8.46. The number of carbonyl (C=O) groups excluding carboxylic acids is 1. The molecule has 13 heteroatoms. The summed E-state index contributed by atoms with van der Waals surface area (Å²) in [5, 5.41) is 10.0. The summed E-state index contributed by atoms with van der Waals surface area (Å²) in [7, 11) is 0. The highest BCUT2D eigenvalue weighted by Crippen LogP contribution is 2.28. The van der Waals surface area contributed by atoms with Crippen LogP contribution < -0.4 is 10.2 Å². The third kappa shape index (κ3) is 8.04. The number of carboxylic acids is 1. The lowest BCUT2D eigenvalue weighted by atomic mass is 10.0. The Morgan fingerprint density at radius 2 is 1.70 bits per heavy atom. The van der Waals surface area contributed by atoms with Crippen LogP contribution in [0.1, 0.15) is 32.9 Å². The number of aromatic nitrogens is 2. The van der Waals surface area contributed by atoms with Crippen LogP contribution in [0.2, 0.25) is 0 Å². The number of ether oxygens (including phenoxy) is 2. The third-order valence-corrected chi connectivity index (χ3v) is 7.53. The topological polar surface area (TPSA) is 120 Å². The van der Waals surface area contributed by atoms with Crippen molar-refractivity contribution in [2.45, 2.75) is 19.1 Å². The molecule has 1 amide bonds. The van der Waals surface area contributed by atoms with Gasteiger partial charge >= 0.3 is 12.1 Å². The van der Waals surface area contributed by atoms with Crippen LogP contribution in [-0.2, 0) is 27.2 Å². The maximum absolute atomic E-state index is 12.2.